The van der Waals surface area contributed by atoms with E-state index in [1.165, 1.54) is 0 Å². The Bertz CT molecular complexity index is 320. The van der Waals surface area contributed by atoms with Crippen molar-refractivity contribution in [2.45, 2.75) is 78.4 Å². The summed E-state index contributed by atoms with van der Waals surface area (Å²) in [6.45, 7) is 11.6. The summed E-state index contributed by atoms with van der Waals surface area (Å²) >= 11 is 0. The first-order valence-corrected chi connectivity index (χ1v) is 10.3. The molecule has 0 spiro atoms. The average molecular weight is 351 g/mol. The molecule has 0 unspecified atom stereocenters. The molecule has 6 heteroatoms. The van der Waals surface area contributed by atoms with Gasteiger partial charge in [0.15, 0.2) is 0 Å². The van der Waals surface area contributed by atoms with E-state index in [2.05, 4.69) is 0 Å². The van der Waals surface area contributed by atoms with Crippen LogP contribution >= 0.6 is 21.6 Å². The Balaban J connectivity index is 3.66. The average Bonchev–Trinajstić information content (AvgIpc) is 2.41. The molecule has 4 nitrogen and oxygen atoms in total. The number of carbonyl (C=O) groups excluding carboxylic acids is 2. The zero-order chi connectivity index (χ0) is 17.2. The maximum absolute atomic E-state index is 11.6. The van der Waals surface area contributed by atoms with E-state index in [1.54, 1.807) is 21.6 Å². The highest BCUT2D eigenvalue weighted by atomic mass is 33.1. The molecule has 0 fully saturated rings. The second-order valence-electron chi connectivity index (χ2n) is 6.32. The van der Waals surface area contributed by atoms with Crippen LogP contribution in [0.2, 0.25) is 0 Å². The van der Waals surface area contributed by atoms with Gasteiger partial charge in [0.2, 0.25) is 0 Å². The maximum atomic E-state index is 11.6. The molecule has 0 amide bonds. The third-order valence-corrected chi connectivity index (χ3v) is 5.75. The largest absolute Gasteiger partial charge is 0.460 e. The first kappa shape index (κ1) is 21.6. The van der Waals surface area contributed by atoms with Crippen LogP contribution in [0.1, 0.15) is 67.2 Å². The minimum atomic E-state index is -0.384. The fourth-order valence-electron chi connectivity index (χ4n) is 1.23. The van der Waals surface area contributed by atoms with Crippen LogP contribution in [0.25, 0.3) is 0 Å². The minimum absolute atomic E-state index is 0.163. The highest BCUT2D eigenvalue weighted by Gasteiger charge is 2.21. The van der Waals surface area contributed by atoms with Crippen LogP contribution in [0.4, 0.5) is 0 Å². The predicted octanol–water partition coefficient (Wildman–Crippen LogP) is 4.61. The van der Waals surface area contributed by atoms with Gasteiger partial charge in [0.1, 0.15) is 11.2 Å². The van der Waals surface area contributed by atoms with Gasteiger partial charge in [-0.1, -0.05) is 35.4 Å². The lowest BCUT2D eigenvalue weighted by molar-refractivity contribution is -0.157. The highest BCUT2D eigenvalue weighted by molar-refractivity contribution is 8.76. The number of ether oxygens (including phenoxy) is 2. The van der Waals surface area contributed by atoms with Gasteiger partial charge in [-0.15, -0.1) is 0 Å². The van der Waals surface area contributed by atoms with Crippen molar-refractivity contribution in [2.75, 3.05) is 11.5 Å². The van der Waals surface area contributed by atoms with E-state index in [1.807, 2.05) is 41.5 Å². The number of carbonyl (C=O) groups is 2. The van der Waals surface area contributed by atoms with Gasteiger partial charge in [0, 0.05) is 11.5 Å². The quantitative estimate of drug-likeness (QED) is 0.308. The summed E-state index contributed by atoms with van der Waals surface area (Å²) in [6.07, 6.45) is 2.40. The standard InChI is InChI=1S/C16H30O4S2/c1-7-15(3,4)19-13(17)9-11-21-22-12-10-14(18)20-16(5,6)8-2/h7-12H2,1-6H3. The molecule has 0 saturated heterocycles. The summed E-state index contributed by atoms with van der Waals surface area (Å²) in [5, 5.41) is 0. The van der Waals surface area contributed by atoms with E-state index in [0.717, 1.165) is 12.8 Å². The van der Waals surface area contributed by atoms with E-state index in [4.69, 9.17) is 9.47 Å². The molecular weight excluding hydrogens is 320 g/mol. The molecule has 0 radical (unpaired) electrons. The van der Waals surface area contributed by atoms with E-state index < -0.39 is 0 Å². The third-order valence-electron chi connectivity index (χ3n) is 3.35. The molecule has 0 atom stereocenters. The zero-order valence-electron chi connectivity index (χ0n) is 14.7. The zero-order valence-corrected chi connectivity index (χ0v) is 16.3. The molecule has 0 aliphatic carbocycles. The van der Waals surface area contributed by atoms with Gasteiger partial charge in [0.05, 0.1) is 12.8 Å². The lowest BCUT2D eigenvalue weighted by Gasteiger charge is -2.23. The van der Waals surface area contributed by atoms with E-state index in [9.17, 15) is 9.59 Å². The Morgan fingerprint density at radius 3 is 1.36 bits per heavy atom. The molecule has 0 aliphatic rings. The molecule has 0 N–H and O–H groups in total. The molecule has 0 aromatic heterocycles. The van der Waals surface area contributed by atoms with Crippen molar-refractivity contribution in [2.24, 2.45) is 0 Å². The highest BCUT2D eigenvalue weighted by Crippen LogP contribution is 2.24. The molecule has 0 heterocycles. The summed E-state index contributed by atoms with van der Waals surface area (Å²) in [5.74, 6) is 1.06. The summed E-state index contributed by atoms with van der Waals surface area (Å²) in [5.41, 5.74) is -0.768. The predicted molar refractivity (Wildman–Crippen MR) is 95.1 cm³/mol. The van der Waals surface area contributed by atoms with Crippen LogP contribution in [-0.4, -0.2) is 34.6 Å². The van der Waals surface area contributed by atoms with Crippen molar-refractivity contribution in [1.29, 1.82) is 0 Å². The van der Waals surface area contributed by atoms with Gasteiger partial charge in [-0.25, -0.2) is 0 Å². The van der Waals surface area contributed by atoms with Crippen molar-refractivity contribution in [3.8, 4) is 0 Å². The third kappa shape index (κ3) is 11.2. The second-order valence-corrected chi connectivity index (χ2v) is 9.02. The van der Waals surface area contributed by atoms with Crippen LogP contribution in [-0.2, 0) is 19.1 Å². The summed E-state index contributed by atoms with van der Waals surface area (Å²) in [7, 11) is 3.18. The number of hydrogen-bond acceptors (Lipinski definition) is 6. The molecule has 0 saturated carbocycles. The normalized spacial score (nSPS) is 12.1. The van der Waals surface area contributed by atoms with Crippen molar-refractivity contribution in [3.05, 3.63) is 0 Å². The number of hydrogen-bond donors (Lipinski definition) is 0. The lowest BCUT2D eigenvalue weighted by Crippen LogP contribution is -2.27. The van der Waals surface area contributed by atoms with Gasteiger partial charge in [0.25, 0.3) is 0 Å². The molecule has 0 aromatic rings. The fraction of sp³-hybridized carbons (Fsp3) is 0.875. The van der Waals surface area contributed by atoms with Crippen LogP contribution in [0, 0.1) is 0 Å². The first-order chi connectivity index (χ1) is 10.1. The first-order valence-electron chi connectivity index (χ1n) is 7.80. The molecule has 130 valence electrons. The Labute approximate surface area is 142 Å². The van der Waals surface area contributed by atoms with E-state index >= 15 is 0 Å². The number of esters is 2. The van der Waals surface area contributed by atoms with E-state index in [-0.39, 0.29) is 23.1 Å². The SMILES string of the molecule is CCC(C)(C)OC(=O)CCSSCCC(=O)OC(C)(C)CC. The summed E-state index contributed by atoms with van der Waals surface area (Å²) < 4.78 is 10.7. The van der Waals surface area contributed by atoms with Crippen molar-refractivity contribution in [1.82, 2.24) is 0 Å². The van der Waals surface area contributed by atoms with Crippen molar-refractivity contribution < 1.29 is 19.1 Å². The maximum Gasteiger partial charge on any atom is 0.307 e. The van der Waals surface area contributed by atoms with Gasteiger partial charge >= 0.3 is 11.9 Å². The Morgan fingerprint density at radius 2 is 1.09 bits per heavy atom. The Kier molecular flexibility index (Phi) is 10.3. The Morgan fingerprint density at radius 1 is 0.773 bits per heavy atom. The van der Waals surface area contributed by atoms with Crippen LogP contribution < -0.4 is 0 Å². The van der Waals surface area contributed by atoms with Gasteiger partial charge < -0.3 is 9.47 Å². The monoisotopic (exact) mass is 350 g/mol. The molecule has 0 rings (SSSR count). The molecule has 22 heavy (non-hydrogen) atoms. The molecular formula is C16H30O4S2. The van der Waals surface area contributed by atoms with Crippen LogP contribution in [0.5, 0.6) is 0 Å². The molecule has 0 aliphatic heterocycles. The lowest BCUT2D eigenvalue weighted by atomic mass is 10.1. The second kappa shape index (κ2) is 10.4. The topological polar surface area (TPSA) is 52.6 Å². The fourth-order valence-corrected chi connectivity index (χ4v) is 3.17. The number of rotatable bonds is 11. The summed E-state index contributed by atoms with van der Waals surface area (Å²) in [4.78, 5) is 23.3. The molecule has 0 bridgehead atoms. The van der Waals surface area contributed by atoms with Gasteiger partial charge in [-0.2, -0.15) is 0 Å². The minimum Gasteiger partial charge on any atom is -0.460 e. The Hall–Kier alpha value is -0.360. The van der Waals surface area contributed by atoms with Gasteiger partial charge in [-0.3, -0.25) is 9.59 Å². The van der Waals surface area contributed by atoms with Crippen LogP contribution in [0.3, 0.4) is 0 Å². The van der Waals surface area contributed by atoms with Crippen LogP contribution in [0.15, 0.2) is 0 Å². The van der Waals surface area contributed by atoms with Crippen molar-refractivity contribution in [3.63, 3.8) is 0 Å². The van der Waals surface area contributed by atoms with E-state index in [0.29, 0.717) is 24.3 Å². The van der Waals surface area contributed by atoms with Gasteiger partial charge in [-0.05, 0) is 40.5 Å². The smallest absolute Gasteiger partial charge is 0.307 e. The van der Waals surface area contributed by atoms with Crippen molar-refractivity contribution >= 4 is 33.5 Å². The summed E-state index contributed by atoms with van der Waals surface area (Å²) in [6, 6.07) is 0. The molecule has 0 aromatic carbocycles.